The van der Waals surface area contributed by atoms with E-state index in [1.807, 2.05) is 13.8 Å². The molecule has 4 nitrogen and oxygen atoms in total. The maximum absolute atomic E-state index is 11.7. The van der Waals surface area contributed by atoms with Crippen LogP contribution in [0.25, 0.3) is 0 Å². The SMILES string of the molecule is CCC(=O)NC(C)CC(C)Cc1ccc(CC(C)CC(C)(C)NC(=O)CC)cc1. The predicted octanol–water partition coefficient (Wildman–Crippen LogP) is 5.04. The van der Waals surface area contributed by atoms with Crippen LogP contribution in [-0.4, -0.2) is 23.4 Å². The van der Waals surface area contributed by atoms with Gasteiger partial charge < -0.3 is 10.6 Å². The van der Waals surface area contributed by atoms with Gasteiger partial charge in [-0.2, -0.15) is 0 Å². The third-order valence-corrected chi connectivity index (χ3v) is 5.33. The molecule has 0 aliphatic heterocycles. The van der Waals surface area contributed by atoms with Crippen molar-refractivity contribution in [3.63, 3.8) is 0 Å². The van der Waals surface area contributed by atoms with Gasteiger partial charge >= 0.3 is 0 Å². The van der Waals surface area contributed by atoms with Gasteiger partial charge in [-0.05, 0) is 69.4 Å². The van der Waals surface area contributed by atoms with Gasteiger partial charge in [-0.15, -0.1) is 0 Å². The summed E-state index contributed by atoms with van der Waals surface area (Å²) in [5, 5.41) is 6.16. The minimum absolute atomic E-state index is 0.115. The number of nitrogens with one attached hydrogen (secondary N) is 2. The molecule has 0 heterocycles. The largest absolute Gasteiger partial charge is 0.354 e. The Kier molecular flexibility index (Phi) is 10.4. The zero-order valence-electron chi connectivity index (χ0n) is 19.6. The molecule has 0 saturated carbocycles. The molecule has 1 rings (SSSR count). The summed E-state index contributed by atoms with van der Waals surface area (Å²) in [4.78, 5) is 23.2. The second kappa shape index (κ2) is 12.0. The van der Waals surface area contributed by atoms with Gasteiger partial charge in [-0.25, -0.2) is 0 Å². The Labute approximate surface area is 178 Å². The molecule has 0 saturated heterocycles. The van der Waals surface area contributed by atoms with Gasteiger partial charge in [-0.3, -0.25) is 9.59 Å². The van der Waals surface area contributed by atoms with E-state index in [9.17, 15) is 9.59 Å². The number of hydrogen-bond acceptors (Lipinski definition) is 2. The highest BCUT2D eigenvalue weighted by Gasteiger charge is 2.22. The highest BCUT2D eigenvalue weighted by molar-refractivity contribution is 5.76. The number of rotatable bonds is 12. The second-order valence-electron chi connectivity index (χ2n) is 9.48. The zero-order valence-corrected chi connectivity index (χ0v) is 19.6. The van der Waals surface area contributed by atoms with Gasteiger partial charge in [0.1, 0.15) is 0 Å². The van der Waals surface area contributed by atoms with Gasteiger partial charge in [0.15, 0.2) is 0 Å². The monoisotopic (exact) mass is 402 g/mol. The summed E-state index contributed by atoms with van der Waals surface area (Å²) in [6, 6.07) is 9.15. The summed E-state index contributed by atoms with van der Waals surface area (Å²) in [6.07, 6.45) is 5.06. The molecular formula is C25H42N2O2. The molecule has 1 aromatic carbocycles. The minimum atomic E-state index is -0.175. The van der Waals surface area contributed by atoms with Crippen LogP contribution >= 0.6 is 0 Å². The first-order valence-electron chi connectivity index (χ1n) is 11.2. The van der Waals surface area contributed by atoms with Crippen molar-refractivity contribution in [3.8, 4) is 0 Å². The van der Waals surface area contributed by atoms with Crippen LogP contribution in [0.2, 0.25) is 0 Å². The van der Waals surface area contributed by atoms with Crippen LogP contribution in [0.5, 0.6) is 0 Å². The number of amides is 2. The molecule has 0 spiro atoms. The molecule has 0 radical (unpaired) electrons. The normalized spacial score (nSPS) is 14.7. The Hall–Kier alpha value is -1.84. The lowest BCUT2D eigenvalue weighted by molar-refractivity contribution is -0.123. The Morgan fingerprint density at radius 1 is 0.862 bits per heavy atom. The average molecular weight is 403 g/mol. The molecule has 1 aromatic rings. The van der Waals surface area contributed by atoms with E-state index >= 15 is 0 Å². The van der Waals surface area contributed by atoms with Crippen LogP contribution in [0.15, 0.2) is 24.3 Å². The van der Waals surface area contributed by atoms with Gasteiger partial charge in [0.05, 0.1) is 0 Å². The van der Waals surface area contributed by atoms with Gasteiger partial charge in [0, 0.05) is 24.4 Å². The number of benzene rings is 1. The fraction of sp³-hybridized carbons (Fsp3) is 0.680. The number of carbonyl (C=O) groups excluding carboxylic acids is 2. The first kappa shape index (κ1) is 25.2. The summed E-state index contributed by atoms with van der Waals surface area (Å²) < 4.78 is 0. The summed E-state index contributed by atoms with van der Waals surface area (Å²) in [5.41, 5.74) is 2.51. The van der Waals surface area contributed by atoms with Crippen molar-refractivity contribution < 1.29 is 9.59 Å². The second-order valence-corrected chi connectivity index (χ2v) is 9.48. The Bertz CT molecular complexity index is 637. The first-order chi connectivity index (χ1) is 13.5. The molecule has 3 atom stereocenters. The van der Waals surface area contributed by atoms with Crippen LogP contribution < -0.4 is 10.6 Å². The predicted molar refractivity (Wildman–Crippen MR) is 122 cm³/mol. The van der Waals surface area contributed by atoms with E-state index in [4.69, 9.17) is 0 Å². The third-order valence-electron chi connectivity index (χ3n) is 5.33. The fourth-order valence-electron chi connectivity index (χ4n) is 4.20. The fourth-order valence-corrected chi connectivity index (χ4v) is 4.20. The lowest BCUT2D eigenvalue weighted by Crippen LogP contribution is -2.44. The van der Waals surface area contributed by atoms with Crippen LogP contribution in [0.4, 0.5) is 0 Å². The lowest BCUT2D eigenvalue weighted by atomic mass is 9.87. The van der Waals surface area contributed by atoms with Crippen LogP contribution in [0.3, 0.4) is 0 Å². The molecule has 0 aliphatic carbocycles. The van der Waals surface area contributed by atoms with Crippen LogP contribution in [0.1, 0.15) is 85.3 Å². The highest BCUT2D eigenvalue weighted by atomic mass is 16.2. The van der Waals surface area contributed by atoms with E-state index in [0.717, 1.165) is 25.7 Å². The van der Waals surface area contributed by atoms with E-state index < -0.39 is 0 Å². The standard InChI is InChI=1S/C25H42N2O2/c1-8-23(28)26-20(5)14-18(3)15-21-10-12-22(13-11-21)16-19(4)17-25(6,7)27-24(29)9-2/h10-13,18-20H,8-9,14-17H2,1-7H3,(H,26,28)(H,27,29). The van der Waals surface area contributed by atoms with Crippen molar-refractivity contribution in [1.82, 2.24) is 10.6 Å². The topological polar surface area (TPSA) is 58.2 Å². The Morgan fingerprint density at radius 2 is 1.34 bits per heavy atom. The molecule has 0 aromatic heterocycles. The number of carbonyl (C=O) groups is 2. The van der Waals surface area contributed by atoms with Crippen LogP contribution in [-0.2, 0) is 22.4 Å². The summed E-state index contributed by atoms with van der Waals surface area (Å²) in [6.45, 7) is 14.6. The molecule has 0 fully saturated rings. The van der Waals surface area contributed by atoms with Crippen molar-refractivity contribution in [2.24, 2.45) is 11.8 Å². The molecule has 4 heteroatoms. The maximum atomic E-state index is 11.7. The van der Waals surface area contributed by atoms with E-state index in [-0.39, 0.29) is 23.4 Å². The maximum Gasteiger partial charge on any atom is 0.220 e. The quantitative estimate of drug-likeness (QED) is 0.514. The lowest BCUT2D eigenvalue weighted by Gasteiger charge is -2.29. The van der Waals surface area contributed by atoms with Crippen molar-refractivity contribution in [2.75, 3.05) is 0 Å². The van der Waals surface area contributed by atoms with E-state index in [0.29, 0.717) is 24.7 Å². The molecular weight excluding hydrogens is 360 g/mol. The molecule has 3 unspecified atom stereocenters. The van der Waals surface area contributed by atoms with Gasteiger partial charge in [0.2, 0.25) is 11.8 Å². The van der Waals surface area contributed by atoms with Gasteiger partial charge in [0.25, 0.3) is 0 Å². The van der Waals surface area contributed by atoms with Crippen molar-refractivity contribution >= 4 is 11.8 Å². The smallest absolute Gasteiger partial charge is 0.220 e. The average Bonchev–Trinajstić information content (AvgIpc) is 2.61. The molecule has 0 bridgehead atoms. The van der Waals surface area contributed by atoms with Crippen molar-refractivity contribution in [2.45, 2.75) is 98.6 Å². The highest BCUT2D eigenvalue weighted by Crippen LogP contribution is 2.21. The van der Waals surface area contributed by atoms with Crippen LogP contribution in [0, 0.1) is 11.8 Å². The molecule has 2 N–H and O–H groups in total. The Morgan fingerprint density at radius 3 is 1.83 bits per heavy atom. The van der Waals surface area contributed by atoms with E-state index in [2.05, 4.69) is 69.5 Å². The summed E-state index contributed by atoms with van der Waals surface area (Å²) >= 11 is 0. The Balaban J connectivity index is 2.50. The molecule has 29 heavy (non-hydrogen) atoms. The third kappa shape index (κ3) is 10.5. The summed E-state index contributed by atoms with van der Waals surface area (Å²) in [7, 11) is 0. The van der Waals surface area contributed by atoms with Gasteiger partial charge in [-0.1, -0.05) is 52.0 Å². The molecule has 0 aliphatic rings. The molecule has 2 amide bonds. The first-order valence-corrected chi connectivity index (χ1v) is 11.2. The minimum Gasteiger partial charge on any atom is -0.354 e. The summed E-state index contributed by atoms with van der Waals surface area (Å²) in [5.74, 6) is 1.26. The number of hydrogen-bond donors (Lipinski definition) is 2. The van der Waals surface area contributed by atoms with Crippen molar-refractivity contribution in [1.29, 1.82) is 0 Å². The van der Waals surface area contributed by atoms with Crippen molar-refractivity contribution in [3.05, 3.63) is 35.4 Å². The van der Waals surface area contributed by atoms with E-state index in [1.165, 1.54) is 11.1 Å². The molecule has 164 valence electrons. The van der Waals surface area contributed by atoms with E-state index in [1.54, 1.807) is 0 Å². The zero-order chi connectivity index (χ0) is 22.0.